The third-order valence-electron chi connectivity index (χ3n) is 1.20. The average molecular weight is 235 g/mol. The predicted molar refractivity (Wildman–Crippen MR) is 50.2 cm³/mol. The molecule has 0 atom stereocenters. The van der Waals surface area contributed by atoms with Gasteiger partial charge in [-0.25, -0.2) is 8.78 Å². The molecule has 0 spiro atoms. The highest BCUT2D eigenvalue weighted by Crippen LogP contribution is 2.14. The first-order chi connectivity index (χ1) is 5.75. The van der Waals surface area contributed by atoms with Crippen molar-refractivity contribution < 1.29 is 8.78 Å². The smallest absolute Gasteiger partial charge is 0.130 e. The van der Waals surface area contributed by atoms with Crippen LogP contribution in [-0.4, -0.2) is 0 Å². The third-order valence-corrected chi connectivity index (χ3v) is 1.76. The highest BCUT2D eigenvalue weighted by atomic mass is 79.9. The fourth-order valence-electron chi connectivity index (χ4n) is 0.660. The Hall–Kier alpha value is -0.700. The lowest BCUT2D eigenvalue weighted by Crippen LogP contribution is -1.89. The van der Waals surface area contributed by atoms with Gasteiger partial charge in [-0.15, -0.1) is 13.2 Å². The Morgan fingerprint density at radius 1 is 1.17 bits per heavy atom. The largest absolute Gasteiger partial charge is 0.207 e. The van der Waals surface area contributed by atoms with Gasteiger partial charge >= 0.3 is 0 Å². The number of hydrogen-bond donors (Lipinski definition) is 0. The Labute approximate surface area is 79.0 Å². The molecule has 0 amide bonds. The molecule has 0 saturated carbocycles. The SMILES string of the molecule is C=C.Fc1cccc(F)c1CBr. The van der Waals surface area contributed by atoms with Crippen molar-refractivity contribution in [3.63, 3.8) is 0 Å². The van der Waals surface area contributed by atoms with E-state index >= 15 is 0 Å². The molecule has 0 aliphatic carbocycles. The van der Waals surface area contributed by atoms with Crippen molar-refractivity contribution >= 4 is 15.9 Å². The number of halogens is 3. The Kier molecular flexibility index (Phi) is 5.54. The van der Waals surface area contributed by atoms with Crippen LogP contribution >= 0.6 is 15.9 Å². The molecule has 0 unspecified atom stereocenters. The van der Waals surface area contributed by atoms with Crippen LogP contribution in [0.4, 0.5) is 8.78 Å². The lowest BCUT2D eigenvalue weighted by molar-refractivity contribution is 0.567. The highest BCUT2D eigenvalue weighted by Gasteiger charge is 2.04. The second kappa shape index (κ2) is 5.89. The second-order valence-electron chi connectivity index (χ2n) is 1.83. The van der Waals surface area contributed by atoms with Crippen molar-refractivity contribution in [2.75, 3.05) is 0 Å². The molecule has 0 aliphatic heterocycles. The first-order valence-electron chi connectivity index (χ1n) is 3.24. The Morgan fingerprint density at radius 3 is 1.83 bits per heavy atom. The zero-order valence-corrected chi connectivity index (χ0v) is 8.07. The Bertz CT molecular complexity index is 228. The minimum Gasteiger partial charge on any atom is -0.207 e. The first kappa shape index (κ1) is 11.3. The van der Waals surface area contributed by atoms with E-state index in [1.807, 2.05) is 0 Å². The van der Waals surface area contributed by atoms with E-state index < -0.39 is 11.6 Å². The van der Waals surface area contributed by atoms with E-state index in [0.717, 1.165) is 0 Å². The minimum atomic E-state index is -0.503. The molecule has 0 radical (unpaired) electrons. The van der Waals surface area contributed by atoms with Crippen LogP contribution in [0.5, 0.6) is 0 Å². The summed E-state index contributed by atoms with van der Waals surface area (Å²) in [6.45, 7) is 6.00. The number of hydrogen-bond acceptors (Lipinski definition) is 0. The van der Waals surface area contributed by atoms with Gasteiger partial charge in [0.25, 0.3) is 0 Å². The van der Waals surface area contributed by atoms with Crippen LogP contribution in [0.3, 0.4) is 0 Å². The van der Waals surface area contributed by atoms with E-state index in [1.54, 1.807) is 0 Å². The maximum Gasteiger partial charge on any atom is 0.130 e. The van der Waals surface area contributed by atoms with E-state index in [4.69, 9.17) is 0 Å². The molecule has 12 heavy (non-hydrogen) atoms. The van der Waals surface area contributed by atoms with Gasteiger partial charge in [0.15, 0.2) is 0 Å². The Balaban J connectivity index is 0.000000561. The lowest BCUT2D eigenvalue weighted by Gasteiger charge is -1.97. The summed E-state index contributed by atoms with van der Waals surface area (Å²) in [4.78, 5) is 0. The van der Waals surface area contributed by atoms with Crippen molar-refractivity contribution in [3.05, 3.63) is 48.6 Å². The van der Waals surface area contributed by atoms with Crippen LogP contribution in [0.15, 0.2) is 31.4 Å². The van der Waals surface area contributed by atoms with Gasteiger partial charge in [-0.2, -0.15) is 0 Å². The summed E-state index contributed by atoms with van der Waals surface area (Å²) in [5.74, 6) is -1.01. The lowest BCUT2D eigenvalue weighted by atomic mass is 10.2. The van der Waals surface area contributed by atoms with Gasteiger partial charge < -0.3 is 0 Å². The van der Waals surface area contributed by atoms with Crippen LogP contribution < -0.4 is 0 Å². The Morgan fingerprint density at radius 2 is 1.58 bits per heavy atom. The first-order valence-corrected chi connectivity index (χ1v) is 4.36. The molecule has 1 aromatic carbocycles. The maximum absolute atomic E-state index is 12.6. The summed E-state index contributed by atoms with van der Waals surface area (Å²) in [7, 11) is 0. The maximum atomic E-state index is 12.6. The molecular weight excluding hydrogens is 226 g/mol. The van der Waals surface area contributed by atoms with Crippen LogP contribution in [0.1, 0.15) is 5.56 Å². The van der Waals surface area contributed by atoms with E-state index in [2.05, 4.69) is 29.1 Å². The number of benzene rings is 1. The molecular formula is C9H9BrF2. The van der Waals surface area contributed by atoms with Gasteiger partial charge in [0.1, 0.15) is 11.6 Å². The van der Waals surface area contributed by atoms with Gasteiger partial charge in [-0.1, -0.05) is 22.0 Å². The highest BCUT2D eigenvalue weighted by molar-refractivity contribution is 9.08. The fourth-order valence-corrected chi connectivity index (χ4v) is 1.20. The van der Waals surface area contributed by atoms with Crippen LogP contribution in [0.25, 0.3) is 0 Å². The number of alkyl halides is 1. The van der Waals surface area contributed by atoms with Gasteiger partial charge in [0, 0.05) is 10.9 Å². The molecule has 0 heterocycles. The van der Waals surface area contributed by atoms with Gasteiger partial charge in [0.05, 0.1) is 0 Å². The second-order valence-corrected chi connectivity index (χ2v) is 2.39. The molecule has 0 aromatic heterocycles. The molecule has 0 bridgehead atoms. The predicted octanol–water partition coefficient (Wildman–Crippen LogP) is 3.66. The van der Waals surface area contributed by atoms with E-state index in [0.29, 0.717) is 0 Å². The van der Waals surface area contributed by atoms with Crippen LogP contribution in [0, 0.1) is 11.6 Å². The van der Waals surface area contributed by atoms with E-state index in [1.165, 1.54) is 18.2 Å². The summed E-state index contributed by atoms with van der Waals surface area (Å²) in [6, 6.07) is 3.82. The molecule has 1 rings (SSSR count). The standard InChI is InChI=1S/C7H5BrF2.C2H4/c8-4-5-6(9)2-1-3-7(5)10;1-2/h1-3H,4H2;1-2H2. The van der Waals surface area contributed by atoms with Gasteiger partial charge in [0.2, 0.25) is 0 Å². The van der Waals surface area contributed by atoms with E-state index in [9.17, 15) is 8.78 Å². The normalized spacial score (nSPS) is 8.58. The topological polar surface area (TPSA) is 0 Å². The summed E-state index contributed by atoms with van der Waals surface area (Å²) in [5, 5.41) is 0.214. The molecule has 0 aliphatic rings. The minimum absolute atomic E-state index is 0.0856. The average Bonchev–Trinajstić information content (AvgIpc) is 2.08. The van der Waals surface area contributed by atoms with Crippen LogP contribution in [0.2, 0.25) is 0 Å². The van der Waals surface area contributed by atoms with Gasteiger partial charge in [-0.05, 0) is 12.1 Å². The molecule has 0 saturated heterocycles. The molecule has 0 fully saturated rings. The summed E-state index contributed by atoms with van der Waals surface area (Å²) < 4.78 is 25.2. The molecule has 0 nitrogen and oxygen atoms in total. The molecule has 0 N–H and O–H groups in total. The summed E-state index contributed by atoms with van der Waals surface area (Å²) in [6.07, 6.45) is 0. The molecule has 1 aromatic rings. The van der Waals surface area contributed by atoms with E-state index in [-0.39, 0.29) is 10.9 Å². The monoisotopic (exact) mass is 234 g/mol. The van der Waals surface area contributed by atoms with Crippen LogP contribution in [-0.2, 0) is 5.33 Å². The summed E-state index contributed by atoms with van der Waals surface area (Å²) >= 11 is 2.98. The van der Waals surface area contributed by atoms with Crippen molar-refractivity contribution in [2.45, 2.75) is 5.33 Å². The summed E-state index contributed by atoms with van der Waals surface area (Å²) in [5.41, 5.74) is 0.0856. The molecule has 66 valence electrons. The van der Waals surface area contributed by atoms with Crippen molar-refractivity contribution in [1.82, 2.24) is 0 Å². The van der Waals surface area contributed by atoms with Crippen molar-refractivity contribution in [1.29, 1.82) is 0 Å². The molecule has 3 heteroatoms. The fraction of sp³-hybridized carbons (Fsp3) is 0.111. The van der Waals surface area contributed by atoms with Gasteiger partial charge in [-0.3, -0.25) is 0 Å². The quantitative estimate of drug-likeness (QED) is 0.514. The van der Waals surface area contributed by atoms with Crippen molar-refractivity contribution in [3.8, 4) is 0 Å². The van der Waals surface area contributed by atoms with Crippen molar-refractivity contribution in [2.24, 2.45) is 0 Å². The zero-order chi connectivity index (χ0) is 9.56. The zero-order valence-electron chi connectivity index (χ0n) is 6.49. The number of rotatable bonds is 1. The third kappa shape index (κ3) is 2.74.